The highest BCUT2D eigenvalue weighted by molar-refractivity contribution is 8.18. The Labute approximate surface area is 176 Å². The number of thioether (sulfide) groups is 1. The summed E-state index contributed by atoms with van der Waals surface area (Å²) in [6.07, 6.45) is 1.55. The molecule has 4 amide bonds. The first-order valence-corrected chi connectivity index (χ1v) is 9.94. The number of nitrogens with one attached hydrogen (secondary N) is 2. The summed E-state index contributed by atoms with van der Waals surface area (Å²) in [5.41, 5.74) is 2.00. The topological polar surface area (TPSA) is 105 Å². The molecule has 0 bridgehead atoms. The highest BCUT2D eigenvalue weighted by atomic mass is 32.2. The minimum Gasteiger partial charge on any atom is -0.482 e. The molecule has 4 rings (SSSR count). The molecule has 1 fully saturated rings. The summed E-state index contributed by atoms with van der Waals surface area (Å²) in [5, 5.41) is 4.56. The van der Waals surface area contributed by atoms with E-state index in [1.165, 1.54) is 4.90 Å². The number of ether oxygens (including phenoxy) is 1. The summed E-state index contributed by atoms with van der Waals surface area (Å²) in [6, 6.07) is 14.5. The first kappa shape index (κ1) is 19.7. The van der Waals surface area contributed by atoms with Crippen LogP contribution in [0, 0.1) is 0 Å². The Bertz CT molecular complexity index is 1070. The van der Waals surface area contributed by atoms with Crippen molar-refractivity contribution in [1.29, 1.82) is 0 Å². The molecule has 9 heteroatoms. The number of nitrogens with zero attached hydrogens (tertiary/aromatic N) is 1. The Morgan fingerprint density at radius 1 is 1.17 bits per heavy atom. The minimum atomic E-state index is -0.466. The number of anilines is 1. The molecule has 1 saturated heterocycles. The average Bonchev–Trinajstić information content (AvgIpc) is 3.06. The lowest BCUT2D eigenvalue weighted by atomic mass is 10.1. The molecule has 2 aliphatic heterocycles. The number of amides is 4. The number of rotatable bonds is 5. The van der Waals surface area contributed by atoms with Gasteiger partial charge in [0, 0.05) is 6.54 Å². The lowest BCUT2D eigenvalue weighted by Crippen LogP contribution is -2.45. The Hall–Kier alpha value is -3.59. The van der Waals surface area contributed by atoms with Gasteiger partial charge in [-0.15, -0.1) is 0 Å². The van der Waals surface area contributed by atoms with Crippen LogP contribution in [0.2, 0.25) is 0 Å². The number of hydrogen-bond donors (Lipinski definition) is 2. The third-order valence-corrected chi connectivity index (χ3v) is 5.31. The van der Waals surface area contributed by atoms with Crippen LogP contribution in [-0.4, -0.2) is 36.1 Å². The molecule has 2 N–H and O–H groups in total. The zero-order valence-electron chi connectivity index (χ0n) is 15.7. The zero-order chi connectivity index (χ0) is 21.1. The first-order chi connectivity index (χ1) is 14.5. The smallest absolute Gasteiger partial charge is 0.290 e. The monoisotopic (exact) mass is 423 g/mol. The summed E-state index contributed by atoms with van der Waals surface area (Å²) in [5.74, 6) is -0.648. The van der Waals surface area contributed by atoms with Crippen LogP contribution < -0.4 is 20.3 Å². The summed E-state index contributed by atoms with van der Waals surface area (Å²) in [4.78, 5) is 49.6. The molecule has 0 spiro atoms. The van der Waals surface area contributed by atoms with Crippen LogP contribution in [0.1, 0.15) is 11.1 Å². The maximum atomic E-state index is 12.4. The molecule has 0 unspecified atom stereocenters. The number of benzene rings is 2. The Morgan fingerprint density at radius 2 is 1.97 bits per heavy atom. The molecular weight excluding hydrogens is 406 g/mol. The SMILES string of the molecule is O=C(CN1C(=O)COc2ccc(C=C3SC(=O)NC3=O)cc21)NCc1ccccc1. The highest BCUT2D eigenvalue weighted by Crippen LogP contribution is 2.34. The van der Waals surface area contributed by atoms with Crippen molar-refractivity contribution in [3.8, 4) is 5.75 Å². The largest absolute Gasteiger partial charge is 0.482 e. The van der Waals surface area contributed by atoms with Gasteiger partial charge in [0.25, 0.3) is 17.1 Å². The van der Waals surface area contributed by atoms with Gasteiger partial charge in [-0.25, -0.2) is 0 Å². The predicted molar refractivity (Wildman–Crippen MR) is 112 cm³/mol. The van der Waals surface area contributed by atoms with E-state index < -0.39 is 11.1 Å². The van der Waals surface area contributed by atoms with Crippen LogP contribution in [0.4, 0.5) is 10.5 Å². The number of carbonyl (C=O) groups excluding carboxylic acids is 4. The van der Waals surface area contributed by atoms with Gasteiger partial charge in [0.2, 0.25) is 5.91 Å². The summed E-state index contributed by atoms with van der Waals surface area (Å²) in [6.45, 7) is 0.0412. The number of hydrogen-bond acceptors (Lipinski definition) is 6. The fourth-order valence-corrected chi connectivity index (χ4v) is 3.73. The second-order valence-electron chi connectivity index (χ2n) is 6.61. The standard InChI is InChI=1S/C21H17N3O5S/c25-18(22-10-13-4-2-1-3-5-13)11-24-15-8-14(6-7-16(15)29-12-19(24)26)9-17-20(27)23-21(28)30-17/h1-9H,10-12H2,(H,22,25)(H,23,27,28). The highest BCUT2D eigenvalue weighted by Gasteiger charge is 2.28. The molecule has 8 nitrogen and oxygen atoms in total. The normalized spacial score (nSPS) is 16.9. The molecule has 0 saturated carbocycles. The van der Waals surface area contributed by atoms with Gasteiger partial charge in [0.15, 0.2) is 6.61 Å². The Kier molecular flexibility index (Phi) is 5.53. The van der Waals surface area contributed by atoms with Crippen molar-refractivity contribution >= 4 is 46.5 Å². The van der Waals surface area contributed by atoms with Crippen LogP contribution in [0.15, 0.2) is 53.4 Å². The van der Waals surface area contributed by atoms with Crippen LogP contribution in [0.25, 0.3) is 6.08 Å². The van der Waals surface area contributed by atoms with E-state index in [2.05, 4.69) is 10.6 Å². The zero-order valence-corrected chi connectivity index (χ0v) is 16.5. The van der Waals surface area contributed by atoms with Gasteiger partial charge in [0.05, 0.1) is 10.6 Å². The van der Waals surface area contributed by atoms with Crippen molar-refractivity contribution < 1.29 is 23.9 Å². The van der Waals surface area contributed by atoms with E-state index in [0.717, 1.165) is 17.3 Å². The fraction of sp³-hybridized carbons (Fsp3) is 0.143. The van der Waals surface area contributed by atoms with Gasteiger partial charge in [-0.2, -0.15) is 0 Å². The van der Waals surface area contributed by atoms with E-state index in [9.17, 15) is 19.2 Å². The Balaban J connectivity index is 1.51. The maximum absolute atomic E-state index is 12.4. The van der Waals surface area contributed by atoms with Gasteiger partial charge in [0.1, 0.15) is 12.3 Å². The fourth-order valence-electron chi connectivity index (χ4n) is 3.05. The lowest BCUT2D eigenvalue weighted by Gasteiger charge is -2.29. The van der Waals surface area contributed by atoms with Gasteiger partial charge in [-0.3, -0.25) is 29.4 Å². The third-order valence-electron chi connectivity index (χ3n) is 4.50. The number of fused-ring (bicyclic) bond motifs is 1. The van der Waals surface area contributed by atoms with E-state index in [0.29, 0.717) is 23.5 Å². The summed E-state index contributed by atoms with van der Waals surface area (Å²) < 4.78 is 5.46. The molecule has 30 heavy (non-hydrogen) atoms. The van der Waals surface area contributed by atoms with E-state index >= 15 is 0 Å². The van der Waals surface area contributed by atoms with Crippen LogP contribution >= 0.6 is 11.8 Å². The molecular formula is C21H17N3O5S. The summed E-state index contributed by atoms with van der Waals surface area (Å²) in [7, 11) is 0. The number of carbonyl (C=O) groups is 4. The molecule has 0 atom stereocenters. The van der Waals surface area contributed by atoms with Crippen molar-refractivity contribution in [2.45, 2.75) is 6.54 Å². The van der Waals surface area contributed by atoms with Crippen LogP contribution in [0.5, 0.6) is 5.75 Å². The molecule has 2 aliphatic rings. The predicted octanol–water partition coefficient (Wildman–Crippen LogP) is 2.05. The van der Waals surface area contributed by atoms with Gasteiger partial charge in [-0.05, 0) is 41.1 Å². The van der Waals surface area contributed by atoms with Crippen molar-refractivity contribution in [2.24, 2.45) is 0 Å². The van der Waals surface area contributed by atoms with E-state index in [-0.39, 0.29) is 29.9 Å². The summed E-state index contributed by atoms with van der Waals surface area (Å²) >= 11 is 0.808. The van der Waals surface area contributed by atoms with Crippen molar-refractivity contribution in [2.75, 3.05) is 18.1 Å². The Morgan fingerprint density at radius 3 is 2.70 bits per heavy atom. The van der Waals surface area contributed by atoms with Gasteiger partial charge >= 0.3 is 0 Å². The maximum Gasteiger partial charge on any atom is 0.290 e. The number of imide groups is 1. The molecule has 152 valence electrons. The third kappa shape index (κ3) is 4.36. The van der Waals surface area contributed by atoms with E-state index in [1.807, 2.05) is 30.3 Å². The molecule has 0 aromatic heterocycles. The van der Waals surface area contributed by atoms with Crippen molar-refractivity contribution in [3.05, 3.63) is 64.6 Å². The minimum absolute atomic E-state index is 0.157. The quantitative estimate of drug-likeness (QED) is 0.714. The van der Waals surface area contributed by atoms with Crippen LogP contribution in [-0.2, 0) is 20.9 Å². The van der Waals surface area contributed by atoms with E-state index in [1.54, 1.807) is 24.3 Å². The molecule has 0 aliphatic carbocycles. The molecule has 2 aromatic carbocycles. The van der Waals surface area contributed by atoms with E-state index in [4.69, 9.17) is 4.74 Å². The lowest BCUT2D eigenvalue weighted by molar-refractivity contribution is -0.125. The molecule has 2 heterocycles. The van der Waals surface area contributed by atoms with Gasteiger partial charge in [-0.1, -0.05) is 36.4 Å². The van der Waals surface area contributed by atoms with Gasteiger partial charge < -0.3 is 10.1 Å². The van der Waals surface area contributed by atoms with Crippen molar-refractivity contribution in [3.63, 3.8) is 0 Å². The average molecular weight is 423 g/mol. The van der Waals surface area contributed by atoms with Crippen molar-refractivity contribution in [1.82, 2.24) is 10.6 Å². The second kappa shape index (κ2) is 8.42. The first-order valence-electron chi connectivity index (χ1n) is 9.12. The molecule has 0 radical (unpaired) electrons. The molecule has 2 aromatic rings. The van der Waals surface area contributed by atoms with Crippen LogP contribution in [0.3, 0.4) is 0 Å². The second-order valence-corrected chi connectivity index (χ2v) is 7.63.